The van der Waals surface area contributed by atoms with Gasteiger partial charge in [0.05, 0.1) is 11.8 Å². The van der Waals surface area contributed by atoms with Gasteiger partial charge in [0, 0.05) is 39.0 Å². The zero-order chi connectivity index (χ0) is 42.3. The molecule has 8 nitrogen and oxygen atoms in total. The van der Waals surface area contributed by atoms with E-state index in [2.05, 4.69) is 21.3 Å². The van der Waals surface area contributed by atoms with Gasteiger partial charge in [-0.3, -0.25) is 19.2 Å². The fourth-order valence-corrected chi connectivity index (χ4v) is 7.67. The van der Waals surface area contributed by atoms with Crippen LogP contribution in [0, 0.1) is 0 Å². The smallest absolute Gasteiger partial charge is 0.232 e. The van der Waals surface area contributed by atoms with Crippen LogP contribution in [-0.4, -0.2) is 49.8 Å². The van der Waals surface area contributed by atoms with Crippen molar-refractivity contribution in [1.29, 1.82) is 0 Å². The van der Waals surface area contributed by atoms with E-state index >= 15 is 0 Å². The van der Waals surface area contributed by atoms with Gasteiger partial charge >= 0.3 is 0 Å². The second-order valence-electron chi connectivity index (χ2n) is 15.9. The predicted octanol–water partition coefficient (Wildman–Crippen LogP) is 10.1. The summed E-state index contributed by atoms with van der Waals surface area (Å²) in [7, 11) is 0. The van der Waals surface area contributed by atoms with E-state index < -0.39 is 0 Å². The Kier molecular flexibility index (Phi) is 23.6. The highest BCUT2D eigenvalue weighted by molar-refractivity contribution is 5.87. The van der Waals surface area contributed by atoms with Gasteiger partial charge in [-0.15, -0.1) is 0 Å². The first-order valence-corrected chi connectivity index (χ1v) is 22.8. The second kappa shape index (κ2) is 29.9. The van der Waals surface area contributed by atoms with Crippen molar-refractivity contribution in [3.63, 3.8) is 0 Å². The van der Waals surface area contributed by atoms with Crippen LogP contribution in [0.1, 0.15) is 150 Å². The summed E-state index contributed by atoms with van der Waals surface area (Å²) >= 11 is 0. The molecule has 0 saturated carbocycles. The molecule has 0 aliphatic rings. The monoisotopic (exact) mass is 815 g/mol. The van der Waals surface area contributed by atoms with Crippen LogP contribution in [0.4, 0.5) is 0 Å². The molecule has 4 amide bonds. The van der Waals surface area contributed by atoms with Crippen LogP contribution in [-0.2, 0) is 19.2 Å². The molecule has 4 N–H and O–H groups in total. The standard InChI is InChI=1S/C52H70N4O4/c57-47(37-23-13-27-41-55-51(59)49(43-29-15-9-16-30-43)44-31-17-10-18-32-44)53-39-25-7-5-3-1-2-4-6-8-26-40-54-48(58)38-24-14-28-42-56-52(60)50(45-33-19-11-20-34-45)46-35-21-12-22-36-46/h9-12,15-22,29-36,49-50H,1-8,13-14,23-28,37-42H2,(H,53,57)(H,54,58)(H,55,59)(H,56,60). The fourth-order valence-electron chi connectivity index (χ4n) is 7.67. The Morgan fingerprint density at radius 3 is 0.817 bits per heavy atom. The molecule has 0 aliphatic heterocycles. The van der Waals surface area contributed by atoms with Gasteiger partial charge < -0.3 is 21.3 Å². The molecule has 4 aromatic rings. The molecule has 0 heterocycles. The lowest BCUT2D eigenvalue weighted by Gasteiger charge is -2.18. The van der Waals surface area contributed by atoms with Crippen molar-refractivity contribution in [2.45, 2.75) is 127 Å². The molecule has 0 radical (unpaired) electrons. The van der Waals surface area contributed by atoms with E-state index in [1.807, 2.05) is 121 Å². The molecule has 0 saturated heterocycles. The van der Waals surface area contributed by atoms with Crippen LogP contribution in [0.25, 0.3) is 0 Å². The first kappa shape index (κ1) is 47.4. The molecular formula is C52H70N4O4. The lowest BCUT2D eigenvalue weighted by Crippen LogP contribution is -2.31. The first-order chi connectivity index (χ1) is 29.5. The van der Waals surface area contributed by atoms with Crippen molar-refractivity contribution in [2.24, 2.45) is 0 Å². The maximum atomic E-state index is 13.1. The van der Waals surface area contributed by atoms with Gasteiger partial charge in [0.25, 0.3) is 0 Å². The minimum absolute atomic E-state index is 0.0116. The maximum Gasteiger partial charge on any atom is 0.232 e. The SMILES string of the molecule is O=C(CCCCCNC(=O)C(c1ccccc1)c1ccccc1)NCCCCCCCCCCCCNC(=O)CCCCCNC(=O)C(c1ccccc1)c1ccccc1. The summed E-state index contributed by atoms with van der Waals surface area (Å²) < 4.78 is 0. The lowest BCUT2D eigenvalue weighted by atomic mass is 9.90. The Morgan fingerprint density at radius 2 is 0.533 bits per heavy atom. The normalized spacial score (nSPS) is 11.0. The van der Waals surface area contributed by atoms with Crippen molar-refractivity contribution in [3.05, 3.63) is 144 Å². The molecule has 4 rings (SSSR count). The Bertz CT molecular complexity index is 1540. The molecule has 0 spiro atoms. The molecule has 322 valence electrons. The van der Waals surface area contributed by atoms with E-state index in [9.17, 15) is 19.2 Å². The van der Waals surface area contributed by atoms with Crippen LogP contribution < -0.4 is 21.3 Å². The van der Waals surface area contributed by atoms with Crippen LogP contribution in [0.5, 0.6) is 0 Å². The minimum Gasteiger partial charge on any atom is -0.356 e. The lowest BCUT2D eigenvalue weighted by molar-refractivity contribution is -0.122. The van der Waals surface area contributed by atoms with Gasteiger partial charge in [-0.25, -0.2) is 0 Å². The molecule has 0 fully saturated rings. The minimum atomic E-state index is -0.327. The third-order valence-corrected chi connectivity index (χ3v) is 11.1. The summed E-state index contributed by atoms with van der Waals surface area (Å²) in [5.41, 5.74) is 3.94. The van der Waals surface area contributed by atoms with E-state index in [1.165, 1.54) is 38.5 Å². The van der Waals surface area contributed by atoms with Gasteiger partial charge in [-0.1, -0.05) is 186 Å². The summed E-state index contributed by atoms with van der Waals surface area (Å²) in [6.45, 7) is 2.71. The van der Waals surface area contributed by atoms with Crippen LogP contribution in [0.3, 0.4) is 0 Å². The zero-order valence-electron chi connectivity index (χ0n) is 35.9. The van der Waals surface area contributed by atoms with Crippen molar-refractivity contribution in [2.75, 3.05) is 26.2 Å². The second-order valence-corrected chi connectivity index (χ2v) is 15.9. The highest BCUT2D eigenvalue weighted by Gasteiger charge is 2.23. The molecule has 8 heteroatoms. The van der Waals surface area contributed by atoms with E-state index in [0.717, 1.165) is 99.6 Å². The number of benzene rings is 4. The highest BCUT2D eigenvalue weighted by atomic mass is 16.2. The topological polar surface area (TPSA) is 116 Å². The molecule has 0 aromatic heterocycles. The summed E-state index contributed by atoms with van der Waals surface area (Å²) in [4.78, 5) is 50.8. The Labute approximate surface area is 360 Å². The van der Waals surface area contributed by atoms with Gasteiger partial charge in [-0.2, -0.15) is 0 Å². The Hall–Kier alpha value is -5.24. The predicted molar refractivity (Wildman–Crippen MR) is 245 cm³/mol. The summed E-state index contributed by atoms with van der Waals surface area (Å²) in [6, 6.07) is 39.6. The molecular weight excluding hydrogens is 745 g/mol. The molecule has 0 atom stereocenters. The third kappa shape index (κ3) is 19.2. The number of rotatable bonds is 31. The average molecular weight is 815 g/mol. The van der Waals surface area contributed by atoms with Crippen molar-refractivity contribution in [3.8, 4) is 0 Å². The summed E-state index contributed by atoms with van der Waals surface area (Å²) in [6.07, 6.45) is 18.0. The molecule has 4 aromatic carbocycles. The van der Waals surface area contributed by atoms with Crippen molar-refractivity contribution < 1.29 is 19.2 Å². The summed E-state index contributed by atoms with van der Waals surface area (Å²) in [5, 5.41) is 12.4. The van der Waals surface area contributed by atoms with Gasteiger partial charge in [0.1, 0.15) is 0 Å². The molecule has 0 bridgehead atoms. The molecule has 60 heavy (non-hydrogen) atoms. The number of hydrogen-bond donors (Lipinski definition) is 4. The Balaban J connectivity index is 0.877. The zero-order valence-corrected chi connectivity index (χ0v) is 35.9. The number of carbonyl (C=O) groups is 4. The fraction of sp³-hybridized carbons (Fsp3) is 0.462. The number of hydrogen-bond acceptors (Lipinski definition) is 4. The first-order valence-electron chi connectivity index (χ1n) is 22.8. The van der Waals surface area contributed by atoms with Gasteiger partial charge in [0.15, 0.2) is 0 Å². The van der Waals surface area contributed by atoms with Gasteiger partial charge in [0.2, 0.25) is 23.6 Å². The van der Waals surface area contributed by atoms with E-state index in [0.29, 0.717) is 25.9 Å². The van der Waals surface area contributed by atoms with Crippen molar-refractivity contribution in [1.82, 2.24) is 21.3 Å². The quantitative estimate of drug-likeness (QED) is 0.0379. The van der Waals surface area contributed by atoms with Crippen LogP contribution >= 0.6 is 0 Å². The van der Waals surface area contributed by atoms with Gasteiger partial charge in [-0.05, 0) is 60.8 Å². The van der Waals surface area contributed by atoms with Crippen molar-refractivity contribution >= 4 is 23.6 Å². The third-order valence-electron chi connectivity index (χ3n) is 11.1. The maximum absolute atomic E-state index is 13.1. The van der Waals surface area contributed by atoms with E-state index in [-0.39, 0.29) is 35.5 Å². The highest BCUT2D eigenvalue weighted by Crippen LogP contribution is 2.26. The van der Waals surface area contributed by atoms with E-state index in [1.54, 1.807) is 0 Å². The number of nitrogens with one attached hydrogen (secondary N) is 4. The molecule has 0 unspecified atom stereocenters. The average Bonchev–Trinajstić information content (AvgIpc) is 3.28. The number of unbranched alkanes of at least 4 members (excludes halogenated alkanes) is 13. The number of amides is 4. The Morgan fingerprint density at radius 1 is 0.300 bits per heavy atom. The van der Waals surface area contributed by atoms with Crippen LogP contribution in [0.15, 0.2) is 121 Å². The number of carbonyl (C=O) groups excluding carboxylic acids is 4. The van der Waals surface area contributed by atoms with Crippen LogP contribution in [0.2, 0.25) is 0 Å². The van der Waals surface area contributed by atoms with E-state index in [4.69, 9.17) is 0 Å². The largest absolute Gasteiger partial charge is 0.356 e. The molecule has 0 aliphatic carbocycles. The summed E-state index contributed by atoms with van der Waals surface area (Å²) in [5.74, 6) is -0.384.